The lowest BCUT2D eigenvalue weighted by atomic mass is 10.2. The Morgan fingerprint density at radius 1 is 1.50 bits per heavy atom. The fraction of sp³-hybridized carbons (Fsp3) is 0.375. The van der Waals surface area contributed by atoms with Gasteiger partial charge in [-0.05, 0) is 13.8 Å². The molecular formula is C8H9Cl2NO. The van der Waals surface area contributed by atoms with Gasteiger partial charge in [-0.3, -0.25) is 0 Å². The van der Waals surface area contributed by atoms with Gasteiger partial charge in [0.15, 0.2) is 6.20 Å². The van der Waals surface area contributed by atoms with E-state index in [9.17, 15) is 5.21 Å². The van der Waals surface area contributed by atoms with Crippen LogP contribution in [-0.2, 0) is 5.88 Å². The summed E-state index contributed by atoms with van der Waals surface area (Å²) >= 11 is 11.5. The first-order valence-corrected chi connectivity index (χ1v) is 4.43. The van der Waals surface area contributed by atoms with E-state index in [1.54, 1.807) is 13.8 Å². The van der Waals surface area contributed by atoms with E-state index in [1.165, 1.54) is 6.20 Å². The summed E-state index contributed by atoms with van der Waals surface area (Å²) in [6.07, 6.45) is 1.44. The predicted octanol–water partition coefficient (Wildman–Crippen LogP) is 2.33. The van der Waals surface area contributed by atoms with Crippen LogP contribution in [0.1, 0.15) is 16.8 Å². The molecule has 0 aliphatic carbocycles. The van der Waals surface area contributed by atoms with Crippen LogP contribution in [-0.4, -0.2) is 0 Å². The number of hydrogen-bond acceptors (Lipinski definition) is 1. The third kappa shape index (κ3) is 1.50. The van der Waals surface area contributed by atoms with Gasteiger partial charge in [-0.1, -0.05) is 11.6 Å². The largest absolute Gasteiger partial charge is 0.618 e. The molecule has 2 nitrogen and oxygen atoms in total. The van der Waals surface area contributed by atoms with Crippen molar-refractivity contribution in [3.05, 3.63) is 33.2 Å². The molecule has 1 heterocycles. The second-order valence-electron chi connectivity index (χ2n) is 2.66. The number of pyridine rings is 1. The van der Waals surface area contributed by atoms with Gasteiger partial charge in [0.2, 0.25) is 5.69 Å². The number of aryl methyl sites for hydroxylation is 1. The summed E-state index contributed by atoms with van der Waals surface area (Å²) in [6, 6.07) is 0. The van der Waals surface area contributed by atoms with Gasteiger partial charge in [0, 0.05) is 11.1 Å². The highest BCUT2D eigenvalue weighted by atomic mass is 35.5. The topological polar surface area (TPSA) is 26.9 Å². The molecular weight excluding hydrogens is 197 g/mol. The Morgan fingerprint density at radius 2 is 2.08 bits per heavy atom. The first kappa shape index (κ1) is 9.62. The quantitative estimate of drug-likeness (QED) is 0.393. The van der Waals surface area contributed by atoms with Gasteiger partial charge < -0.3 is 5.21 Å². The Kier molecular flexibility index (Phi) is 2.80. The highest BCUT2D eigenvalue weighted by molar-refractivity contribution is 6.32. The predicted molar refractivity (Wildman–Crippen MR) is 49.4 cm³/mol. The van der Waals surface area contributed by atoms with Crippen molar-refractivity contribution in [1.82, 2.24) is 0 Å². The number of nitrogens with zero attached hydrogens (tertiary/aromatic N) is 1. The molecule has 0 saturated carbocycles. The average molecular weight is 206 g/mol. The smallest absolute Gasteiger partial charge is 0.211 e. The molecule has 12 heavy (non-hydrogen) atoms. The first-order chi connectivity index (χ1) is 5.57. The van der Waals surface area contributed by atoms with Crippen LogP contribution in [0.25, 0.3) is 0 Å². The molecule has 0 unspecified atom stereocenters. The number of hydrogen-bond donors (Lipinski definition) is 0. The van der Waals surface area contributed by atoms with Crippen molar-refractivity contribution in [3.63, 3.8) is 0 Å². The standard InChI is InChI=1S/C8H9Cl2NO/c1-5-4-11(12)7(3-9)6(2)8(5)10/h4H,3H2,1-2H3. The Hall–Kier alpha value is -0.470. The molecule has 0 spiro atoms. The van der Waals surface area contributed by atoms with Crippen molar-refractivity contribution in [3.8, 4) is 0 Å². The van der Waals surface area contributed by atoms with Crippen LogP contribution in [0.4, 0.5) is 0 Å². The van der Waals surface area contributed by atoms with Crippen LogP contribution in [0.3, 0.4) is 0 Å². The molecule has 4 heteroatoms. The third-order valence-corrected chi connectivity index (χ3v) is 2.65. The minimum Gasteiger partial charge on any atom is -0.618 e. The van der Waals surface area contributed by atoms with E-state index in [2.05, 4.69) is 0 Å². The molecule has 0 amide bonds. The van der Waals surface area contributed by atoms with Crippen LogP contribution in [0.15, 0.2) is 6.20 Å². The van der Waals surface area contributed by atoms with Crippen molar-refractivity contribution in [1.29, 1.82) is 0 Å². The fourth-order valence-electron chi connectivity index (χ4n) is 1.06. The Labute approximate surface area is 81.3 Å². The maximum atomic E-state index is 11.2. The second kappa shape index (κ2) is 3.50. The highest BCUT2D eigenvalue weighted by Gasteiger charge is 2.13. The van der Waals surface area contributed by atoms with Crippen molar-refractivity contribution in [2.75, 3.05) is 0 Å². The van der Waals surface area contributed by atoms with Crippen LogP contribution < -0.4 is 4.73 Å². The van der Waals surface area contributed by atoms with Gasteiger partial charge in [0.25, 0.3) is 0 Å². The van der Waals surface area contributed by atoms with E-state index >= 15 is 0 Å². The lowest BCUT2D eigenvalue weighted by molar-refractivity contribution is -0.613. The van der Waals surface area contributed by atoms with E-state index in [4.69, 9.17) is 23.2 Å². The molecule has 0 aromatic carbocycles. The normalized spacial score (nSPS) is 10.3. The Balaban J connectivity index is 3.40. The zero-order valence-corrected chi connectivity index (χ0v) is 8.41. The fourth-order valence-corrected chi connectivity index (χ4v) is 1.53. The SMILES string of the molecule is Cc1c[n+]([O-])c(CCl)c(C)c1Cl. The minimum absolute atomic E-state index is 0.190. The summed E-state index contributed by atoms with van der Waals surface area (Å²) in [5, 5.41) is 11.8. The van der Waals surface area contributed by atoms with Crippen molar-refractivity contribution in [2.24, 2.45) is 0 Å². The summed E-state index contributed by atoms with van der Waals surface area (Å²) in [4.78, 5) is 0. The van der Waals surface area contributed by atoms with Crippen LogP contribution in [0.2, 0.25) is 5.02 Å². The van der Waals surface area contributed by atoms with Gasteiger partial charge in [0.05, 0.1) is 5.02 Å². The molecule has 0 atom stereocenters. The lowest BCUT2D eigenvalue weighted by Crippen LogP contribution is -2.32. The minimum atomic E-state index is 0.190. The Morgan fingerprint density at radius 3 is 2.58 bits per heavy atom. The molecule has 0 bridgehead atoms. The molecule has 1 aromatic heterocycles. The molecule has 0 aliphatic rings. The molecule has 0 N–H and O–H groups in total. The van der Waals surface area contributed by atoms with E-state index in [0.717, 1.165) is 15.9 Å². The summed E-state index contributed by atoms with van der Waals surface area (Å²) < 4.78 is 0.767. The van der Waals surface area contributed by atoms with Gasteiger partial charge in [-0.2, -0.15) is 4.73 Å². The van der Waals surface area contributed by atoms with E-state index in [1.807, 2.05) is 0 Å². The van der Waals surface area contributed by atoms with Crippen molar-refractivity contribution < 1.29 is 4.73 Å². The van der Waals surface area contributed by atoms with Crippen LogP contribution in [0.5, 0.6) is 0 Å². The van der Waals surface area contributed by atoms with Gasteiger partial charge >= 0.3 is 0 Å². The number of alkyl halides is 1. The summed E-state index contributed by atoms with van der Waals surface area (Å²) in [6.45, 7) is 3.59. The lowest BCUT2D eigenvalue weighted by Gasteiger charge is -2.07. The number of aromatic nitrogens is 1. The monoisotopic (exact) mass is 205 g/mol. The molecule has 0 aliphatic heterocycles. The molecule has 0 radical (unpaired) electrons. The van der Waals surface area contributed by atoms with Gasteiger partial charge in [-0.25, -0.2) is 0 Å². The van der Waals surface area contributed by atoms with Gasteiger partial charge in [0.1, 0.15) is 5.88 Å². The third-order valence-electron chi connectivity index (χ3n) is 1.81. The van der Waals surface area contributed by atoms with E-state index in [0.29, 0.717) is 10.7 Å². The molecule has 0 fully saturated rings. The zero-order chi connectivity index (χ0) is 9.30. The van der Waals surface area contributed by atoms with Crippen LogP contribution in [0, 0.1) is 19.1 Å². The van der Waals surface area contributed by atoms with Crippen molar-refractivity contribution >= 4 is 23.2 Å². The second-order valence-corrected chi connectivity index (χ2v) is 3.30. The van der Waals surface area contributed by atoms with Gasteiger partial charge in [-0.15, -0.1) is 11.6 Å². The maximum absolute atomic E-state index is 11.2. The molecule has 0 saturated heterocycles. The zero-order valence-electron chi connectivity index (χ0n) is 6.90. The summed E-state index contributed by atoms with van der Waals surface area (Å²) in [7, 11) is 0. The Bertz CT molecular complexity index is 312. The maximum Gasteiger partial charge on any atom is 0.211 e. The van der Waals surface area contributed by atoms with E-state index in [-0.39, 0.29) is 5.88 Å². The number of rotatable bonds is 1. The average Bonchev–Trinajstić information content (AvgIpc) is 2.01. The van der Waals surface area contributed by atoms with Crippen molar-refractivity contribution in [2.45, 2.75) is 19.7 Å². The summed E-state index contributed by atoms with van der Waals surface area (Å²) in [5.74, 6) is 0.190. The highest BCUT2D eigenvalue weighted by Crippen LogP contribution is 2.20. The molecule has 66 valence electrons. The molecule has 1 rings (SSSR count). The molecule has 1 aromatic rings. The first-order valence-electron chi connectivity index (χ1n) is 3.51. The van der Waals surface area contributed by atoms with Crippen LogP contribution >= 0.6 is 23.2 Å². The summed E-state index contributed by atoms with van der Waals surface area (Å²) in [5.41, 5.74) is 2.06. The van der Waals surface area contributed by atoms with E-state index < -0.39 is 0 Å². The number of halogens is 2.